The molecule has 1 heterocycles. The number of allylic oxidation sites excluding steroid dienone is 2. The van der Waals surface area contributed by atoms with Crippen molar-refractivity contribution >= 4 is 11.9 Å². The number of nitrogens with zero attached hydrogens (tertiary/aromatic N) is 1. The van der Waals surface area contributed by atoms with Crippen LogP contribution in [0, 0.1) is 29.6 Å². The molecule has 2 N–H and O–H groups in total. The zero-order valence-electron chi connectivity index (χ0n) is 12.1. The summed E-state index contributed by atoms with van der Waals surface area (Å²) < 4.78 is 0. The third-order valence-corrected chi connectivity index (χ3v) is 5.40. The highest BCUT2D eigenvalue weighted by Gasteiger charge is 2.52. The summed E-state index contributed by atoms with van der Waals surface area (Å²) in [5, 5.41) is 18.5. The lowest BCUT2D eigenvalue weighted by Crippen LogP contribution is -2.47. The van der Waals surface area contributed by atoms with Crippen molar-refractivity contribution in [2.45, 2.75) is 25.7 Å². The molecule has 0 aromatic heterocycles. The van der Waals surface area contributed by atoms with E-state index >= 15 is 0 Å². The molecule has 5 heteroatoms. The van der Waals surface area contributed by atoms with Gasteiger partial charge in [-0.05, 0) is 43.4 Å². The third kappa shape index (κ3) is 2.59. The average molecular weight is 293 g/mol. The quantitative estimate of drug-likeness (QED) is 0.762. The maximum absolute atomic E-state index is 12.8. The first-order chi connectivity index (χ1) is 10.1. The van der Waals surface area contributed by atoms with E-state index in [1.54, 1.807) is 0 Å². The van der Waals surface area contributed by atoms with E-state index in [-0.39, 0.29) is 30.3 Å². The molecule has 0 radical (unpaired) electrons. The Hall–Kier alpha value is -1.36. The standard InChI is InChI=1S/C16H23NO4/c18-7-5-10-2-1-6-17(9-10)15(19)13-11-3-4-12(8-11)14(13)16(20)21/h3-4,10-14,18H,1-2,5-9H2,(H,20,21). The Morgan fingerprint density at radius 3 is 2.57 bits per heavy atom. The second kappa shape index (κ2) is 5.79. The van der Waals surface area contributed by atoms with Crippen molar-refractivity contribution in [3.63, 3.8) is 0 Å². The van der Waals surface area contributed by atoms with Gasteiger partial charge < -0.3 is 15.1 Å². The van der Waals surface area contributed by atoms with Gasteiger partial charge in [0, 0.05) is 19.7 Å². The molecule has 0 aromatic carbocycles. The number of likely N-dealkylation sites (tertiary alicyclic amines) is 1. The molecule has 0 spiro atoms. The topological polar surface area (TPSA) is 77.8 Å². The maximum Gasteiger partial charge on any atom is 0.307 e. The fourth-order valence-electron chi connectivity index (χ4n) is 4.39. The van der Waals surface area contributed by atoms with Crippen molar-refractivity contribution in [2.24, 2.45) is 29.6 Å². The van der Waals surface area contributed by atoms with E-state index in [0.717, 1.165) is 32.2 Å². The van der Waals surface area contributed by atoms with Crippen molar-refractivity contribution in [3.8, 4) is 0 Å². The van der Waals surface area contributed by atoms with E-state index in [2.05, 4.69) is 0 Å². The predicted octanol–water partition coefficient (Wildman–Crippen LogP) is 1.13. The average Bonchev–Trinajstić information content (AvgIpc) is 3.07. The highest BCUT2D eigenvalue weighted by Crippen LogP contribution is 2.49. The number of fused-ring (bicyclic) bond motifs is 2. The number of hydrogen-bond donors (Lipinski definition) is 2. The van der Waals surface area contributed by atoms with Crippen molar-refractivity contribution in [1.29, 1.82) is 0 Å². The molecule has 0 aromatic rings. The Labute approximate surface area is 124 Å². The van der Waals surface area contributed by atoms with Crippen LogP contribution in [-0.4, -0.2) is 46.7 Å². The van der Waals surface area contributed by atoms with E-state index in [1.807, 2.05) is 17.1 Å². The van der Waals surface area contributed by atoms with Gasteiger partial charge in [0.1, 0.15) is 0 Å². The molecule has 1 saturated heterocycles. The van der Waals surface area contributed by atoms with Crippen LogP contribution in [0.1, 0.15) is 25.7 Å². The molecule has 5 nitrogen and oxygen atoms in total. The van der Waals surface area contributed by atoms with Gasteiger partial charge in [-0.2, -0.15) is 0 Å². The first-order valence-corrected chi connectivity index (χ1v) is 7.92. The number of aliphatic hydroxyl groups is 1. The highest BCUT2D eigenvalue weighted by molar-refractivity contribution is 5.87. The molecule has 1 saturated carbocycles. The summed E-state index contributed by atoms with van der Waals surface area (Å²) in [6.07, 6.45) is 7.53. The van der Waals surface area contributed by atoms with Gasteiger partial charge in [-0.1, -0.05) is 12.2 Å². The van der Waals surface area contributed by atoms with Crippen LogP contribution in [0.3, 0.4) is 0 Å². The molecule has 3 aliphatic rings. The fraction of sp³-hybridized carbons (Fsp3) is 0.750. The van der Waals surface area contributed by atoms with Gasteiger partial charge in [0.15, 0.2) is 0 Å². The summed E-state index contributed by atoms with van der Waals surface area (Å²) in [6.45, 7) is 1.55. The van der Waals surface area contributed by atoms with Crippen LogP contribution in [-0.2, 0) is 9.59 Å². The Balaban J connectivity index is 1.72. The lowest BCUT2D eigenvalue weighted by Gasteiger charge is -2.36. The van der Waals surface area contributed by atoms with Gasteiger partial charge in [0.25, 0.3) is 0 Å². The van der Waals surface area contributed by atoms with Crippen LogP contribution < -0.4 is 0 Å². The second-order valence-corrected chi connectivity index (χ2v) is 6.64. The molecule has 2 aliphatic carbocycles. The first-order valence-electron chi connectivity index (χ1n) is 7.92. The molecule has 116 valence electrons. The van der Waals surface area contributed by atoms with Crippen molar-refractivity contribution in [2.75, 3.05) is 19.7 Å². The van der Waals surface area contributed by atoms with Gasteiger partial charge >= 0.3 is 5.97 Å². The summed E-state index contributed by atoms with van der Waals surface area (Å²) in [5.41, 5.74) is 0. The highest BCUT2D eigenvalue weighted by atomic mass is 16.4. The summed E-state index contributed by atoms with van der Waals surface area (Å²) >= 11 is 0. The van der Waals surface area contributed by atoms with Crippen LogP contribution in [0.15, 0.2) is 12.2 Å². The fourth-order valence-corrected chi connectivity index (χ4v) is 4.39. The lowest BCUT2D eigenvalue weighted by atomic mass is 9.81. The van der Waals surface area contributed by atoms with Gasteiger partial charge in [-0.3, -0.25) is 9.59 Å². The summed E-state index contributed by atoms with van der Waals surface area (Å²) in [4.78, 5) is 26.2. The summed E-state index contributed by atoms with van der Waals surface area (Å²) in [6, 6.07) is 0. The Bertz CT molecular complexity index is 459. The first kappa shape index (κ1) is 14.6. The van der Waals surface area contributed by atoms with Crippen LogP contribution >= 0.6 is 0 Å². The minimum Gasteiger partial charge on any atom is -0.481 e. The maximum atomic E-state index is 12.8. The number of piperidine rings is 1. The van der Waals surface area contributed by atoms with Crippen molar-refractivity contribution in [3.05, 3.63) is 12.2 Å². The largest absolute Gasteiger partial charge is 0.481 e. The number of aliphatic hydroxyl groups excluding tert-OH is 1. The molecule has 5 unspecified atom stereocenters. The molecular weight excluding hydrogens is 270 g/mol. The predicted molar refractivity (Wildman–Crippen MR) is 76.4 cm³/mol. The van der Waals surface area contributed by atoms with Gasteiger partial charge in [-0.15, -0.1) is 0 Å². The van der Waals surface area contributed by atoms with E-state index in [0.29, 0.717) is 12.5 Å². The Morgan fingerprint density at radius 1 is 1.19 bits per heavy atom. The molecule has 1 amide bonds. The van der Waals surface area contributed by atoms with Crippen molar-refractivity contribution in [1.82, 2.24) is 4.90 Å². The third-order valence-electron chi connectivity index (χ3n) is 5.40. The minimum atomic E-state index is -0.839. The molecule has 21 heavy (non-hydrogen) atoms. The summed E-state index contributed by atoms with van der Waals surface area (Å²) in [7, 11) is 0. The number of aliphatic carboxylic acids is 1. The monoisotopic (exact) mass is 293 g/mol. The normalized spacial score (nSPS) is 38.0. The van der Waals surface area contributed by atoms with E-state index in [4.69, 9.17) is 5.11 Å². The Kier molecular flexibility index (Phi) is 4.02. The number of carbonyl (C=O) groups is 2. The van der Waals surface area contributed by atoms with Crippen LogP contribution in [0.4, 0.5) is 0 Å². The lowest BCUT2D eigenvalue weighted by molar-refractivity contribution is -0.151. The minimum absolute atomic E-state index is 0.0156. The number of amides is 1. The van der Waals surface area contributed by atoms with E-state index in [9.17, 15) is 14.7 Å². The number of carbonyl (C=O) groups excluding carboxylic acids is 1. The molecule has 3 rings (SSSR count). The van der Waals surface area contributed by atoms with Crippen molar-refractivity contribution < 1.29 is 19.8 Å². The van der Waals surface area contributed by atoms with Gasteiger partial charge in [-0.25, -0.2) is 0 Å². The number of rotatable bonds is 4. The molecule has 1 aliphatic heterocycles. The van der Waals surface area contributed by atoms with Gasteiger partial charge in [0.2, 0.25) is 5.91 Å². The van der Waals surface area contributed by atoms with Crippen LogP contribution in [0.2, 0.25) is 0 Å². The van der Waals surface area contributed by atoms with Crippen LogP contribution in [0.25, 0.3) is 0 Å². The zero-order chi connectivity index (χ0) is 15.0. The number of hydrogen-bond acceptors (Lipinski definition) is 3. The number of carboxylic acid groups (broad SMARTS) is 1. The van der Waals surface area contributed by atoms with Crippen LogP contribution in [0.5, 0.6) is 0 Å². The molecule has 2 bridgehead atoms. The molecular formula is C16H23NO4. The smallest absolute Gasteiger partial charge is 0.307 e. The summed E-state index contributed by atoms with van der Waals surface area (Å²) in [5.74, 6) is -1.28. The zero-order valence-corrected chi connectivity index (χ0v) is 12.1. The SMILES string of the molecule is O=C(O)C1C2C=CC(C2)C1C(=O)N1CCCC(CCO)C1. The number of carboxylic acids is 1. The Morgan fingerprint density at radius 2 is 1.90 bits per heavy atom. The molecule has 2 fully saturated rings. The van der Waals surface area contributed by atoms with Gasteiger partial charge in [0.05, 0.1) is 11.8 Å². The molecule has 5 atom stereocenters. The van der Waals surface area contributed by atoms with E-state index < -0.39 is 11.9 Å². The van der Waals surface area contributed by atoms with E-state index in [1.165, 1.54) is 0 Å². The second-order valence-electron chi connectivity index (χ2n) is 6.64.